The summed E-state index contributed by atoms with van der Waals surface area (Å²) < 4.78 is 5.67. The van der Waals surface area contributed by atoms with Gasteiger partial charge in [-0.3, -0.25) is 19.5 Å². The van der Waals surface area contributed by atoms with E-state index < -0.39 is 5.91 Å². The second-order valence-corrected chi connectivity index (χ2v) is 6.18. The van der Waals surface area contributed by atoms with E-state index in [1.54, 1.807) is 30.4 Å². The zero-order valence-corrected chi connectivity index (χ0v) is 14.7. The number of ether oxygens (including phenoxy) is 1. The van der Waals surface area contributed by atoms with Gasteiger partial charge in [0.25, 0.3) is 5.91 Å². The Morgan fingerprint density at radius 2 is 2.12 bits per heavy atom. The van der Waals surface area contributed by atoms with Crippen LogP contribution < -0.4 is 9.64 Å². The Balaban J connectivity index is 1.86. The first kappa shape index (κ1) is 17.9. The molecule has 0 bridgehead atoms. The topological polar surface area (TPSA) is 112 Å². The SMILES string of the molecule is Cc1cncc(Oc2nc3c([nH]2)C(=O)N(CCCCO)C(=O)CN3C)c1. The number of imide groups is 1. The number of hydrogen-bond acceptors (Lipinski definition) is 7. The molecular formula is C17H21N5O4. The minimum absolute atomic E-state index is 0.0218. The monoisotopic (exact) mass is 359 g/mol. The molecule has 0 radical (unpaired) electrons. The van der Waals surface area contributed by atoms with Gasteiger partial charge in [-0.25, -0.2) is 0 Å². The van der Waals surface area contributed by atoms with Crippen molar-refractivity contribution in [2.24, 2.45) is 0 Å². The molecule has 2 aromatic heterocycles. The van der Waals surface area contributed by atoms with Crippen molar-refractivity contribution in [3.8, 4) is 11.8 Å². The van der Waals surface area contributed by atoms with Crippen LogP contribution in [0.3, 0.4) is 0 Å². The lowest BCUT2D eigenvalue weighted by molar-refractivity contribution is -0.127. The molecule has 9 nitrogen and oxygen atoms in total. The molecule has 1 aliphatic rings. The molecule has 0 aliphatic carbocycles. The molecule has 2 N–H and O–H groups in total. The number of fused-ring (bicyclic) bond motifs is 1. The molecule has 0 aromatic carbocycles. The van der Waals surface area contributed by atoms with E-state index in [0.29, 0.717) is 24.4 Å². The minimum Gasteiger partial charge on any atom is -0.424 e. The third-order valence-electron chi connectivity index (χ3n) is 4.01. The van der Waals surface area contributed by atoms with Gasteiger partial charge in [-0.05, 0) is 31.4 Å². The number of pyridine rings is 1. The number of H-pyrrole nitrogens is 1. The van der Waals surface area contributed by atoms with E-state index in [-0.39, 0.29) is 37.3 Å². The molecule has 0 saturated heterocycles. The molecule has 1 aliphatic heterocycles. The van der Waals surface area contributed by atoms with Crippen LogP contribution in [-0.2, 0) is 4.79 Å². The van der Waals surface area contributed by atoms with Gasteiger partial charge in [0, 0.05) is 26.4 Å². The molecule has 26 heavy (non-hydrogen) atoms. The van der Waals surface area contributed by atoms with Crippen molar-refractivity contribution in [2.75, 3.05) is 31.6 Å². The summed E-state index contributed by atoms with van der Waals surface area (Å²) >= 11 is 0. The van der Waals surface area contributed by atoms with Gasteiger partial charge in [0.05, 0.1) is 12.7 Å². The molecule has 2 amide bonds. The van der Waals surface area contributed by atoms with E-state index in [4.69, 9.17) is 9.84 Å². The lowest BCUT2D eigenvalue weighted by Gasteiger charge is -2.19. The number of carbonyl (C=O) groups is 2. The number of amides is 2. The van der Waals surface area contributed by atoms with E-state index in [0.717, 1.165) is 5.56 Å². The maximum absolute atomic E-state index is 12.8. The van der Waals surface area contributed by atoms with E-state index in [1.807, 2.05) is 6.92 Å². The van der Waals surface area contributed by atoms with Crippen molar-refractivity contribution in [1.82, 2.24) is 19.9 Å². The van der Waals surface area contributed by atoms with Crippen LogP contribution >= 0.6 is 0 Å². The first-order valence-corrected chi connectivity index (χ1v) is 8.36. The average molecular weight is 359 g/mol. The largest absolute Gasteiger partial charge is 0.424 e. The summed E-state index contributed by atoms with van der Waals surface area (Å²) in [5.74, 6) is 0.118. The van der Waals surface area contributed by atoms with E-state index in [9.17, 15) is 9.59 Å². The quantitative estimate of drug-likeness (QED) is 0.587. The second kappa shape index (κ2) is 7.52. The highest BCUT2D eigenvalue weighted by molar-refractivity contribution is 6.09. The third-order valence-corrected chi connectivity index (χ3v) is 4.01. The van der Waals surface area contributed by atoms with Gasteiger partial charge in [-0.2, -0.15) is 4.98 Å². The Kier molecular flexibility index (Phi) is 5.17. The Morgan fingerprint density at radius 3 is 2.85 bits per heavy atom. The number of nitrogens with one attached hydrogen (secondary N) is 1. The number of aliphatic hydroxyl groups excluding tert-OH is 1. The zero-order chi connectivity index (χ0) is 18.7. The summed E-state index contributed by atoms with van der Waals surface area (Å²) in [6.45, 7) is 2.20. The van der Waals surface area contributed by atoms with E-state index in [1.165, 1.54) is 4.90 Å². The van der Waals surface area contributed by atoms with Crippen molar-refractivity contribution >= 4 is 17.6 Å². The van der Waals surface area contributed by atoms with Crippen LogP contribution in [0.15, 0.2) is 18.5 Å². The predicted molar refractivity (Wildman–Crippen MR) is 93.3 cm³/mol. The Hall–Kier alpha value is -2.94. The van der Waals surface area contributed by atoms with Gasteiger partial charge in [0.2, 0.25) is 5.91 Å². The molecule has 138 valence electrons. The molecule has 0 spiro atoms. The molecule has 2 aromatic rings. The highest BCUT2D eigenvalue weighted by Crippen LogP contribution is 2.27. The highest BCUT2D eigenvalue weighted by atomic mass is 16.5. The Labute approximate surface area is 150 Å². The lowest BCUT2D eigenvalue weighted by atomic mass is 10.3. The van der Waals surface area contributed by atoms with Crippen LogP contribution in [0.1, 0.15) is 28.9 Å². The van der Waals surface area contributed by atoms with Crippen molar-refractivity contribution in [3.63, 3.8) is 0 Å². The first-order chi connectivity index (χ1) is 12.5. The van der Waals surface area contributed by atoms with Crippen molar-refractivity contribution in [3.05, 3.63) is 29.7 Å². The number of aromatic amines is 1. The average Bonchev–Trinajstić information content (AvgIpc) is 2.99. The van der Waals surface area contributed by atoms with E-state index in [2.05, 4.69) is 15.0 Å². The van der Waals surface area contributed by atoms with Crippen molar-refractivity contribution < 1.29 is 19.4 Å². The summed E-state index contributed by atoms with van der Waals surface area (Å²) in [4.78, 5) is 39.1. The number of hydrogen-bond donors (Lipinski definition) is 2. The second-order valence-electron chi connectivity index (χ2n) is 6.18. The summed E-state index contributed by atoms with van der Waals surface area (Å²) in [5.41, 5.74) is 1.14. The fraction of sp³-hybridized carbons (Fsp3) is 0.412. The number of rotatable bonds is 6. The number of imidazole rings is 1. The van der Waals surface area contributed by atoms with Crippen LogP contribution in [0.2, 0.25) is 0 Å². The number of likely N-dealkylation sites (N-methyl/N-ethyl adjacent to an activating group) is 1. The van der Waals surface area contributed by atoms with Crippen LogP contribution in [0.25, 0.3) is 0 Å². The van der Waals surface area contributed by atoms with Gasteiger partial charge < -0.3 is 19.7 Å². The van der Waals surface area contributed by atoms with Crippen molar-refractivity contribution in [1.29, 1.82) is 0 Å². The van der Waals surface area contributed by atoms with Gasteiger partial charge >= 0.3 is 6.01 Å². The zero-order valence-electron chi connectivity index (χ0n) is 14.7. The number of unbranched alkanes of at least 4 members (excludes halogenated alkanes) is 1. The standard InChI is InChI=1S/C17H21N5O4/c1-11-7-12(9-18-8-11)26-17-19-14-15(20-17)21(2)10-13(24)22(16(14)25)5-3-4-6-23/h7-9,23H,3-6,10H2,1-2H3,(H,19,20). The predicted octanol–water partition coefficient (Wildman–Crippen LogP) is 1.10. The van der Waals surface area contributed by atoms with Crippen LogP contribution in [0, 0.1) is 6.92 Å². The maximum atomic E-state index is 12.8. The Morgan fingerprint density at radius 1 is 1.31 bits per heavy atom. The molecule has 9 heteroatoms. The smallest absolute Gasteiger partial charge is 0.301 e. The number of anilines is 1. The number of aromatic nitrogens is 3. The summed E-state index contributed by atoms with van der Waals surface area (Å²) in [7, 11) is 1.69. The normalized spacial score (nSPS) is 14.4. The number of aryl methyl sites for hydroxylation is 1. The number of carbonyl (C=O) groups excluding carboxylic acids is 2. The van der Waals surface area contributed by atoms with Gasteiger partial charge in [0.1, 0.15) is 5.75 Å². The molecule has 3 rings (SSSR count). The highest BCUT2D eigenvalue weighted by Gasteiger charge is 2.33. The summed E-state index contributed by atoms with van der Waals surface area (Å²) in [6, 6.07) is 1.96. The fourth-order valence-corrected chi connectivity index (χ4v) is 2.73. The molecule has 0 unspecified atom stereocenters. The van der Waals surface area contributed by atoms with Gasteiger partial charge in [0.15, 0.2) is 11.5 Å². The van der Waals surface area contributed by atoms with Crippen LogP contribution in [0.5, 0.6) is 11.8 Å². The molecule has 3 heterocycles. The van der Waals surface area contributed by atoms with Crippen molar-refractivity contribution in [2.45, 2.75) is 19.8 Å². The molecule has 0 atom stereocenters. The third kappa shape index (κ3) is 3.67. The Bertz CT molecular complexity index is 819. The van der Waals surface area contributed by atoms with Gasteiger partial charge in [-0.1, -0.05) is 0 Å². The van der Waals surface area contributed by atoms with E-state index >= 15 is 0 Å². The summed E-state index contributed by atoms with van der Waals surface area (Å²) in [5, 5.41) is 8.91. The first-order valence-electron chi connectivity index (χ1n) is 8.36. The minimum atomic E-state index is -0.447. The summed E-state index contributed by atoms with van der Waals surface area (Å²) in [6.07, 6.45) is 4.32. The van der Waals surface area contributed by atoms with Crippen LogP contribution in [0.4, 0.5) is 5.82 Å². The molecular weight excluding hydrogens is 338 g/mol. The van der Waals surface area contributed by atoms with Crippen LogP contribution in [-0.4, -0.2) is 63.5 Å². The molecule has 0 fully saturated rings. The number of nitrogens with zero attached hydrogens (tertiary/aromatic N) is 4. The molecule has 0 saturated carbocycles. The van der Waals surface area contributed by atoms with Gasteiger partial charge in [-0.15, -0.1) is 0 Å². The lowest BCUT2D eigenvalue weighted by Crippen LogP contribution is -2.40. The number of aliphatic hydroxyl groups is 1. The maximum Gasteiger partial charge on any atom is 0.301 e. The fourth-order valence-electron chi connectivity index (χ4n) is 2.73.